The summed E-state index contributed by atoms with van der Waals surface area (Å²) >= 11 is 0. The molecule has 0 saturated carbocycles. The third-order valence-electron chi connectivity index (χ3n) is 3.98. The monoisotopic (exact) mass is 367 g/mol. The minimum Gasteiger partial charge on any atom is -0.493 e. The average Bonchev–Trinajstić information content (AvgIpc) is 2.98. The molecule has 0 atom stereocenters. The van der Waals surface area contributed by atoms with Gasteiger partial charge in [-0.15, -0.1) is 5.10 Å². The van der Waals surface area contributed by atoms with E-state index in [0.717, 1.165) is 0 Å². The molecule has 0 aliphatic heterocycles. The van der Waals surface area contributed by atoms with E-state index in [4.69, 9.17) is 4.74 Å². The van der Waals surface area contributed by atoms with Gasteiger partial charge in [0.2, 0.25) is 0 Å². The number of rotatable bonds is 7. The van der Waals surface area contributed by atoms with Crippen LogP contribution in [0.5, 0.6) is 5.75 Å². The van der Waals surface area contributed by atoms with E-state index in [1.54, 1.807) is 43.6 Å². The number of ether oxygens (including phenoxy) is 1. The minimum absolute atomic E-state index is 0.252. The molecule has 0 aliphatic carbocycles. The molecule has 0 spiro atoms. The van der Waals surface area contributed by atoms with Crippen molar-refractivity contribution in [1.82, 2.24) is 24.6 Å². The molecular formula is C19H21N5O3. The van der Waals surface area contributed by atoms with Gasteiger partial charge in [0, 0.05) is 19.8 Å². The molecule has 1 N–H and O–H groups in total. The Kier molecular flexibility index (Phi) is 5.65. The highest BCUT2D eigenvalue weighted by Crippen LogP contribution is 2.17. The Morgan fingerprint density at radius 2 is 1.96 bits per heavy atom. The third-order valence-corrected chi connectivity index (χ3v) is 3.98. The quantitative estimate of drug-likeness (QED) is 0.683. The molecule has 1 amide bonds. The molecule has 0 radical (unpaired) electrons. The third kappa shape index (κ3) is 4.05. The SMILES string of the molecule is CCOc1ccccc1C(=O)NCCn1nc(-c2ccccn2)n(C)c1=O. The molecule has 2 heterocycles. The second-order valence-corrected chi connectivity index (χ2v) is 5.79. The summed E-state index contributed by atoms with van der Waals surface area (Å²) < 4.78 is 8.23. The lowest BCUT2D eigenvalue weighted by molar-refractivity contribution is 0.0948. The zero-order chi connectivity index (χ0) is 19.2. The first kappa shape index (κ1) is 18.4. The standard InChI is InChI=1S/C19H21N5O3/c1-3-27-16-10-5-4-8-14(16)18(25)21-12-13-24-19(26)23(2)17(22-24)15-9-6-7-11-20-15/h4-11H,3,12-13H2,1-2H3,(H,21,25). The summed E-state index contributed by atoms with van der Waals surface area (Å²) in [4.78, 5) is 29.0. The van der Waals surface area contributed by atoms with Gasteiger partial charge in [0.1, 0.15) is 11.4 Å². The number of aromatic nitrogens is 4. The van der Waals surface area contributed by atoms with E-state index in [0.29, 0.717) is 29.4 Å². The number of nitrogens with zero attached hydrogens (tertiary/aromatic N) is 4. The number of pyridine rings is 1. The number of para-hydroxylation sites is 1. The second-order valence-electron chi connectivity index (χ2n) is 5.79. The first-order chi connectivity index (χ1) is 13.1. The van der Waals surface area contributed by atoms with Gasteiger partial charge in [0.15, 0.2) is 5.82 Å². The molecular weight excluding hydrogens is 346 g/mol. The van der Waals surface area contributed by atoms with E-state index in [1.165, 1.54) is 9.25 Å². The summed E-state index contributed by atoms with van der Waals surface area (Å²) in [5.41, 5.74) is 0.812. The van der Waals surface area contributed by atoms with Crippen molar-refractivity contribution in [3.63, 3.8) is 0 Å². The topological polar surface area (TPSA) is 91.0 Å². The van der Waals surface area contributed by atoms with E-state index >= 15 is 0 Å². The molecule has 0 unspecified atom stereocenters. The van der Waals surface area contributed by atoms with Crippen LogP contribution in [-0.4, -0.2) is 38.4 Å². The van der Waals surface area contributed by atoms with Crippen molar-refractivity contribution in [3.8, 4) is 17.3 Å². The number of benzene rings is 1. The van der Waals surface area contributed by atoms with Crippen molar-refractivity contribution in [2.75, 3.05) is 13.2 Å². The fraction of sp³-hybridized carbons (Fsp3) is 0.263. The molecule has 1 aromatic carbocycles. The average molecular weight is 367 g/mol. The van der Waals surface area contributed by atoms with E-state index in [1.807, 2.05) is 19.1 Å². The van der Waals surface area contributed by atoms with Crippen LogP contribution in [0, 0.1) is 0 Å². The van der Waals surface area contributed by atoms with Gasteiger partial charge in [0.25, 0.3) is 5.91 Å². The summed E-state index contributed by atoms with van der Waals surface area (Å²) in [5, 5.41) is 7.12. The van der Waals surface area contributed by atoms with Crippen LogP contribution in [0.25, 0.3) is 11.5 Å². The van der Waals surface area contributed by atoms with Crippen LogP contribution in [-0.2, 0) is 13.6 Å². The Balaban J connectivity index is 1.68. The van der Waals surface area contributed by atoms with Crippen LogP contribution < -0.4 is 15.7 Å². The summed E-state index contributed by atoms with van der Waals surface area (Å²) in [5.74, 6) is 0.756. The molecule has 8 heteroatoms. The summed E-state index contributed by atoms with van der Waals surface area (Å²) in [6.07, 6.45) is 1.65. The Morgan fingerprint density at radius 1 is 1.19 bits per heavy atom. The lowest BCUT2D eigenvalue weighted by Crippen LogP contribution is -2.32. The zero-order valence-corrected chi connectivity index (χ0v) is 15.3. The molecule has 0 fully saturated rings. The maximum absolute atomic E-state index is 12.4. The highest BCUT2D eigenvalue weighted by Gasteiger charge is 2.14. The molecule has 27 heavy (non-hydrogen) atoms. The molecule has 0 bridgehead atoms. The number of carbonyl (C=O) groups is 1. The first-order valence-electron chi connectivity index (χ1n) is 8.67. The maximum Gasteiger partial charge on any atom is 0.346 e. The smallest absolute Gasteiger partial charge is 0.346 e. The van der Waals surface area contributed by atoms with Crippen molar-refractivity contribution in [3.05, 3.63) is 64.7 Å². The van der Waals surface area contributed by atoms with Crippen molar-refractivity contribution in [1.29, 1.82) is 0 Å². The number of amides is 1. The van der Waals surface area contributed by atoms with Gasteiger partial charge in [-0.05, 0) is 31.2 Å². The van der Waals surface area contributed by atoms with Crippen LogP contribution in [0.3, 0.4) is 0 Å². The summed E-state index contributed by atoms with van der Waals surface area (Å²) in [6, 6.07) is 12.5. The molecule has 3 aromatic rings. The Hall–Kier alpha value is -3.42. The Morgan fingerprint density at radius 3 is 2.70 bits per heavy atom. The van der Waals surface area contributed by atoms with E-state index in [-0.39, 0.29) is 24.7 Å². The van der Waals surface area contributed by atoms with E-state index < -0.39 is 0 Å². The van der Waals surface area contributed by atoms with Crippen LogP contribution in [0.15, 0.2) is 53.5 Å². The van der Waals surface area contributed by atoms with Gasteiger partial charge < -0.3 is 10.1 Å². The maximum atomic E-state index is 12.4. The molecule has 140 valence electrons. The molecule has 0 saturated heterocycles. The van der Waals surface area contributed by atoms with E-state index in [9.17, 15) is 9.59 Å². The predicted molar refractivity (Wildman–Crippen MR) is 101 cm³/mol. The fourth-order valence-electron chi connectivity index (χ4n) is 2.66. The molecule has 3 rings (SSSR count). The fourth-order valence-corrected chi connectivity index (χ4v) is 2.66. The predicted octanol–water partition coefficient (Wildman–Crippen LogP) is 1.47. The molecule has 8 nitrogen and oxygen atoms in total. The van der Waals surface area contributed by atoms with Crippen molar-refractivity contribution < 1.29 is 9.53 Å². The van der Waals surface area contributed by atoms with Gasteiger partial charge in [-0.1, -0.05) is 18.2 Å². The molecule has 2 aromatic heterocycles. The van der Waals surface area contributed by atoms with Gasteiger partial charge in [-0.25, -0.2) is 9.48 Å². The van der Waals surface area contributed by atoms with Crippen molar-refractivity contribution in [2.45, 2.75) is 13.5 Å². The van der Waals surface area contributed by atoms with Crippen LogP contribution in [0.1, 0.15) is 17.3 Å². The van der Waals surface area contributed by atoms with Crippen molar-refractivity contribution in [2.24, 2.45) is 7.05 Å². The van der Waals surface area contributed by atoms with Crippen molar-refractivity contribution >= 4 is 5.91 Å². The Labute approximate surface area is 156 Å². The normalized spacial score (nSPS) is 10.6. The van der Waals surface area contributed by atoms with Gasteiger partial charge in [0.05, 0.1) is 18.7 Å². The van der Waals surface area contributed by atoms with Gasteiger partial charge in [-0.3, -0.25) is 14.3 Å². The lowest BCUT2D eigenvalue weighted by atomic mass is 10.2. The first-order valence-corrected chi connectivity index (χ1v) is 8.67. The van der Waals surface area contributed by atoms with Gasteiger partial charge in [-0.2, -0.15) is 0 Å². The van der Waals surface area contributed by atoms with Crippen LogP contribution >= 0.6 is 0 Å². The highest BCUT2D eigenvalue weighted by atomic mass is 16.5. The van der Waals surface area contributed by atoms with Crippen LogP contribution in [0.2, 0.25) is 0 Å². The number of hydrogen-bond donors (Lipinski definition) is 1. The summed E-state index contributed by atoms with van der Waals surface area (Å²) in [7, 11) is 1.65. The summed E-state index contributed by atoms with van der Waals surface area (Å²) in [6.45, 7) is 2.85. The second kappa shape index (κ2) is 8.31. The van der Waals surface area contributed by atoms with E-state index in [2.05, 4.69) is 15.4 Å². The Bertz CT molecular complexity index is 979. The number of nitrogens with one attached hydrogen (secondary N) is 1. The minimum atomic E-state index is -0.264. The number of carbonyl (C=O) groups excluding carboxylic acids is 1. The molecule has 0 aliphatic rings. The lowest BCUT2D eigenvalue weighted by Gasteiger charge is -2.10. The zero-order valence-electron chi connectivity index (χ0n) is 15.3. The van der Waals surface area contributed by atoms with Crippen LogP contribution in [0.4, 0.5) is 0 Å². The largest absolute Gasteiger partial charge is 0.493 e. The van der Waals surface area contributed by atoms with Gasteiger partial charge >= 0.3 is 5.69 Å². The highest BCUT2D eigenvalue weighted by molar-refractivity contribution is 5.96. The number of hydrogen-bond acceptors (Lipinski definition) is 5.